The molecule has 2 aromatic rings. The lowest BCUT2D eigenvalue weighted by molar-refractivity contribution is 0.273. The zero-order valence-corrected chi connectivity index (χ0v) is 11.7. The van der Waals surface area contributed by atoms with E-state index in [1.54, 1.807) is 0 Å². The van der Waals surface area contributed by atoms with Gasteiger partial charge in [-0.3, -0.25) is 0 Å². The number of rotatable bonds is 3. The minimum Gasteiger partial charge on any atom is -0.396 e. The Bertz CT molecular complexity index is 551. The predicted molar refractivity (Wildman–Crippen MR) is 79.6 cm³/mol. The summed E-state index contributed by atoms with van der Waals surface area (Å²) in [7, 11) is 0. The molecule has 2 nitrogen and oxygen atoms in total. The number of aliphatic hydroxyl groups excluding tert-OH is 1. The van der Waals surface area contributed by atoms with Gasteiger partial charge in [-0.15, -0.1) is 0 Å². The summed E-state index contributed by atoms with van der Waals surface area (Å²) in [5.74, 6) is 0.224. The van der Waals surface area contributed by atoms with Crippen molar-refractivity contribution in [3.63, 3.8) is 0 Å². The van der Waals surface area contributed by atoms with Crippen LogP contribution in [-0.2, 0) is 0 Å². The Hall–Kier alpha value is -1.28. The first kappa shape index (κ1) is 12.7. The fraction of sp³-hybridized carbons (Fsp3) is 0.529. The van der Waals surface area contributed by atoms with Crippen LogP contribution in [0, 0.1) is 0 Å². The smallest absolute Gasteiger partial charge is 0.0497 e. The van der Waals surface area contributed by atoms with Gasteiger partial charge in [0.2, 0.25) is 0 Å². The van der Waals surface area contributed by atoms with E-state index in [1.807, 2.05) is 0 Å². The molecule has 1 aromatic heterocycles. The molecule has 0 amide bonds. The predicted octanol–water partition coefficient (Wildman–Crippen LogP) is 4.24. The van der Waals surface area contributed by atoms with Gasteiger partial charge in [0, 0.05) is 30.3 Å². The van der Waals surface area contributed by atoms with Gasteiger partial charge in [0.15, 0.2) is 0 Å². The van der Waals surface area contributed by atoms with Crippen LogP contribution in [0.4, 0.5) is 0 Å². The highest BCUT2D eigenvalue weighted by molar-refractivity contribution is 5.81. The minimum absolute atomic E-state index is 0.217. The molecule has 0 bridgehead atoms. The normalized spacial score (nSPS) is 18.8. The van der Waals surface area contributed by atoms with E-state index in [2.05, 4.69) is 42.0 Å². The highest BCUT2D eigenvalue weighted by Crippen LogP contribution is 2.32. The van der Waals surface area contributed by atoms with Crippen molar-refractivity contribution >= 4 is 10.9 Å². The number of fused-ring (bicyclic) bond motifs is 1. The molecule has 1 fully saturated rings. The van der Waals surface area contributed by atoms with Gasteiger partial charge < -0.3 is 9.67 Å². The molecular weight excluding hydrogens is 234 g/mol. The second-order valence-corrected chi connectivity index (χ2v) is 5.92. The van der Waals surface area contributed by atoms with Crippen molar-refractivity contribution in [3.8, 4) is 0 Å². The molecule has 1 N–H and O–H groups in total. The zero-order valence-electron chi connectivity index (χ0n) is 11.7. The SMILES string of the molecule is CC(CO)c1ccc2c(ccn2C2CCCCC2)c1. The molecule has 0 saturated heterocycles. The summed E-state index contributed by atoms with van der Waals surface area (Å²) in [5, 5.41) is 10.6. The van der Waals surface area contributed by atoms with E-state index in [-0.39, 0.29) is 12.5 Å². The molecule has 1 aromatic carbocycles. The van der Waals surface area contributed by atoms with Crippen LogP contribution in [0.15, 0.2) is 30.5 Å². The van der Waals surface area contributed by atoms with Crippen molar-refractivity contribution in [2.45, 2.75) is 51.0 Å². The lowest BCUT2D eigenvalue weighted by Gasteiger charge is -2.24. The average Bonchev–Trinajstić information content (AvgIpc) is 2.90. The van der Waals surface area contributed by atoms with Crippen LogP contribution in [0.1, 0.15) is 56.6 Å². The van der Waals surface area contributed by atoms with Gasteiger partial charge in [0.05, 0.1) is 0 Å². The number of hydrogen-bond donors (Lipinski definition) is 1. The molecule has 0 aliphatic heterocycles. The van der Waals surface area contributed by atoms with Crippen LogP contribution in [0.25, 0.3) is 10.9 Å². The highest BCUT2D eigenvalue weighted by atomic mass is 16.3. The fourth-order valence-electron chi connectivity index (χ4n) is 3.27. The summed E-state index contributed by atoms with van der Waals surface area (Å²) in [6, 6.07) is 9.54. The van der Waals surface area contributed by atoms with Crippen molar-refractivity contribution in [3.05, 3.63) is 36.0 Å². The standard InChI is InChI=1S/C17H23NO/c1-13(12-19)14-7-8-17-15(11-14)9-10-18(17)16-5-3-2-4-6-16/h7-11,13,16,19H,2-6,12H2,1H3. The average molecular weight is 257 g/mol. The largest absolute Gasteiger partial charge is 0.396 e. The minimum atomic E-state index is 0.217. The van der Waals surface area contributed by atoms with Crippen molar-refractivity contribution in [1.29, 1.82) is 0 Å². The van der Waals surface area contributed by atoms with E-state index in [4.69, 9.17) is 0 Å². The van der Waals surface area contributed by atoms with E-state index in [9.17, 15) is 5.11 Å². The van der Waals surface area contributed by atoms with E-state index in [1.165, 1.54) is 48.6 Å². The molecule has 1 unspecified atom stereocenters. The molecule has 2 heteroatoms. The maximum absolute atomic E-state index is 9.26. The lowest BCUT2D eigenvalue weighted by Crippen LogP contribution is -2.11. The molecular formula is C17H23NO. The van der Waals surface area contributed by atoms with Crippen LogP contribution in [-0.4, -0.2) is 16.3 Å². The van der Waals surface area contributed by atoms with Gasteiger partial charge in [0.1, 0.15) is 0 Å². The second kappa shape index (κ2) is 5.38. The first-order valence-corrected chi connectivity index (χ1v) is 7.51. The Morgan fingerprint density at radius 3 is 2.74 bits per heavy atom. The summed E-state index contributed by atoms with van der Waals surface area (Å²) in [6.07, 6.45) is 9.01. The number of aliphatic hydroxyl groups is 1. The summed E-state index contributed by atoms with van der Waals surface area (Å²) >= 11 is 0. The fourth-order valence-corrected chi connectivity index (χ4v) is 3.27. The maximum Gasteiger partial charge on any atom is 0.0497 e. The monoisotopic (exact) mass is 257 g/mol. The molecule has 0 spiro atoms. The summed E-state index contributed by atoms with van der Waals surface area (Å²) in [6.45, 7) is 2.29. The summed E-state index contributed by atoms with van der Waals surface area (Å²) < 4.78 is 2.46. The summed E-state index contributed by atoms with van der Waals surface area (Å²) in [5.41, 5.74) is 2.58. The van der Waals surface area contributed by atoms with Crippen LogP contribution >= 0.6 is 0 Å². The van der Waals surface area contributed by atoms with Crippen molar-refractivity contribution in [2.75, 3.05) is 6.61 Å². The number of hydrogen-bond acceptors (Lipinski definition) is 1. The Kier molecular flexibility index (Phi) is 3.61. The lowest BCUT2D eigenvalue weighted by atomic mass is 9.95. The third-order valence-corrected chi connectivity index (χ3v) is 4.56. The molecule has 1 atom stereocenters. The van der Waals surface area contributed by atoms with E-state index < -0.39 is 0 Å². The quantitative estimate of drug-likeness (QED) is 0.874. The first-order valence-electron chi connectivity index (χ1n) is 7.51. The molecule has 0 radical (unpaired) electrons. The van der Waals surface area contributed by atoms with Crippen LogP contribution in [0.5, 0.6) is 0 Å². The molecule has 1 saturated carbocycles. The van der Waals surface area contributed by atoms with Gasteiger partial charge in [0.25, 0.3) is 0 Å². The number of benzene rings is 1. The Morgan fingerprint density at radius 2 is 2.00 bits per heavy atom. The van der Waals surface area contributed by atoms with E-state index in [0.29, 0.717) is 6.04 Å². The third kappa shape index (κ3) is 2.42. The topological polar surface area (TPSA) is 25.2 Å². The highest BCUT2D eigenvalue weighted by Gasteiger charge is 2.16. The Balaban J connectivity index is 1.95. The molecule has 1 aliphatic rings. The van der Waals surface area contributed by atoms with Crippen LogP contribution in [0.3, 0.4) is 0 Å². The van der Waals surface area contributed by atoms with Gasteiger partial charge in [-0.1, -0.05) is 32.3 Å². The van der Waals surface area contributed by atoms with E-state index in [0.717, 1.165) is 0 Å². The number of aromatic nitrogens is 1. The van der Waals surface area contributed by atoms with Gasteiger partial charge >= 0.3 is 0 Å². The summed E-state index contributed by atoms with van der Waals surface area (Å²) in [4.78, 5) is 0. The number of nitrogens with zero attached hydrogens (tertiary/aromatic N) is 1. The molecule has 102 valence electrons. The molecule has 19 heavy (non-hydrogen) atoms. The zero-order chi connectivity index (χ0) is 13.2. The van der Waals surface area contributed by atoms with Gasteiger partial charge in [-0.25, -0.2) is 0 Å². The van der Waals surface area contributed by atoms with Crippen molar-refractivity contribution in [2.24, 2.45) is 0 Å². The van der Waals surface area contributed by atoms with Crippen molar-refractivity contribution in [1.82, 2.24) is 4.57 Å². The Morgan fingerprint density at radius 1 is 1.21 bits per heavy atom. The van der Waals surface area contributed by atoms with Crippen LogP contribution < -0.4 is 0 Å². The Labute approximate surface area is 115 Å². The first-order chi connectivity index (χ1) is 9.29. The second-order valence-electron chi connectivity index (χ2n) is 5.92. The van der Waals surface area contributed by atoms with Gasteiger partial charge in [-0.2, -0.15) is 0 Å². The molecule has 1 heterocycles. The molecule has 1 aliphatic carbocycles. The molecule has 3 rings (SSSR count). The van der Waals surface area contributed by atoms with Crippen LogP contribution in [0.2, 0.25) is 0 Å². The van der Waals surface area contributed by atoms with Crippen molar-refractivity contribution < 1.29 is 5.11 Å². The van der Waals surface area contributed by atoms with Gasteiger partial charge in [-0.05, 0) is 42.0 Å². The van der Waals surface area contributed by atoms with E-state index >= 15 is 0 Å². The third-order valence-electron chi connectivity index (χ3n) is 4.56. The maximum atomic E-state index is 9.26.